The maximum absolute atomic E-state index is 14.4. The number of ether oxygens (including phenoxy) is 7. The van der Waals surface area contributed by atoms with Gasteiger partial charge in [0.15, 0.2) is 18.7 Å². The summed E-state index contributed by atoms with van der Waals surface area (Å²) >= 11 is 0. The molecule has 103 heavy (non-hydrogen) atoms. The highest BCUT2D eigenvalue weighted by Crippen LogP contribution is 2.49. The van der Waals surface area contributed by atoms with Gasteiger partial charge in [0.25, 0.3) is 0 Å². The van der Waals surface area contributed by atoms with Gasteiger partial charge in [-0.3, -0.25) is 23.4 Å². The molecule has 0 aromatic heterocycles. The van der Waals surface area contributed by atoms with E-state index in [4.69, 9.17) is 42.2 Å². The van der Waals surface area contributed by atoms with Gasteiger partial charge in [0.2, 0.25) is 0 Å². The summed E-state index contributed by atoms with van der Waals surface area (Å²) in [5.41, 5.74) is 0. The Labute approximate surface area is 619 Å². The molecule has 1 aliphatic carbocycles. The van der Waals surface area contributed by atoms with E-state index in [0.717, 1.165) is 89.9 Å². The Balaban J connectivity index is 1.70. The van der Waals surface area contributed by atoms with Crippen molar-refractivity contribution in [3.05, 3.63) is 0 Å². The van der Waals surface area contributed by atoms with E-state index in [-0.39, 0.29) is 19.3 Å². The van der Waals surface area contributed by atoms with Crippen LogP contribution in [-0.4, -0.2) is 204 Å². The van der Waals surface area contributed by atoms with Gasteiger partial charge in [-0.2, -0.15) is 0 Å². The van der Waals surface area contributed by atoms with Crippen LogP contribution in [0.3, 0.4) is 0 Å². The standard InChI is InChI=1S/C78H147O24P/c1-5-8-11-14-17-19-21-23-25-27-29-31-33-35-41-46-51-62(80)94-55-59(97-64(82)53-48-43-38-37-40-45-50-58(4)49-44-39-16-13-10-7-3)56-96-103(92,93)102-76-74(100-77-72(90)67(85)65(83)60(54-79)98-77)70(88)69(87)71(89)75(76)101-78-73(91)68(86)66(84)61(99-78)57-95-63(81)52-47-42-36-34-32-30-28-26-24-22-20-18-15-12-9-6-2/h58-61,65-79,83-91H,5-57H2,1-4H3,(H,92,93). The molecule has 3 aliphatic rings. The number of aliphatic hydroxyl groups is 10. The Morgan fingerprint density at radius 3 is 1.05 bits per heavy atom. The molecule has 1 saturated carbocycles. The largest absolute Gasteiger partial charge is 0.472 e. The molecule has 2 aliphatic heterocycles. The zero-order chi connectivity index (χ0) is 75.5. The summed E-state index contributed by atoms with van der Waals surface area (Å²) in [6, 6.07) is 0. The molecule has 19 unspecified atom stereocenters. The van der Waals surface area contributed by atoms with E-state index in [1.165, 1.54) is 186 Å². The molecule has 0 radical (unpaired) electrons. The molecule has 0 amide bonds. The topological polar surface area (TPSA) is 374 Å². The van der Waals surface area contributed by atoms with Crippen molar-refractivity contribution in [3.8, 4) is 0 Å². The van der Waals surface area contributed by atoms with Gasteiger partial charge in [-0.1, -0.05) is 304 Å². The number of phosphoric acid groups is 1. The first-order chi connectivity index (χ1) is 49.7. The van der Waals surface area contributed by atoms with Crippen LogP contribution in [0.25, 0.3) is 0 Å². The molecule has 0 spiro atoms. The Kier molecular flexibility index (Phi) is 54.4. The zero-order valence-electron chi connectivity index (χ0n) is 64.0. The van der Waals surface area contributed by atoms with Gasteiger partial charge in [-0.15, -0.1) is 0 Å². The first-order valence-corrected chi connectivity index (χ1v) is 42.7. The minimum absolute atomic E-state index is 0.0338. The van der Waals surface area contributed by atoms with Gasteiger partial charge in [0, 0.05) is 19.3 Å². The smallest absolute Gasteiger partial charge is 0.463 e. The number of hydrogen-bond donors (Lipinski definition) is 11. The third-order valence-corrected chi connectivity index (χ3v) is 21.8. The molecule has 2 saturated heterocycles. The first-order valence-electron chi connectivity index (χ1n) is 41.2. The van der Waals surface area contributed by atoms with Crippen LogP contribution >= 0.6 is 7.82 Å². The molecular weight excluding hydrogens is 1350 g/mol. The molecule has 24 nitrogen and oxygen atoms in total. The molecule has 0 aromatic carbocycles. The normalized spacial score (nSPS) is 27.1. The fraction of sp³-hybridized carbons (Fsp3) is 0.962. The molecule has 11 N–H and O–H groups in total. The van der Waals surface area contributed by atoms with Crippen LogP contribution in [-0.2, 0) is 61.2 Å². The number of esters is 3. The lowest BCUT2D eigenvalue weighted by Gasteiger charge is -2.49. The number of unbranched alkanes of at least 4 members (excludes halogenated alkanes) is 40. The maximum atomic E-state index is 14.4. The molecule has 2 heterocycles. The van der Waals surface area contributed by atoms with Crippen molar-refractivity contribution in [1.82, 2.24) is 0 Å². The van der Waals surface area contributed by atoms with Gasteiger partial charge in [0.05, 0.1) is 13.2 Å². The monoisotopic (exact) mass is 1500 g/mol. The Hall–Kier alpha value is -2.04. The van der Waals surface area contributed by atoms with E-state index in [2.05, 4.69) is 27.7 Å². The number of aliphatic hydroxyl groups excluding tert-OH is 10. The summed E-state index contributed by atoms with van der Waals surface area (Å²) in [5.74, 6) is -1.29. The average molecular weight is 1500 g/mol. The van der Waals surface area contributed by atoms with Gasteiger partial charge in [-0.05, 0) is 25.2 Å². The second-order valence-corrected chi connectivity index (χ2v) is 31.5. The Morgan fingerprint density at radius 2 is 0.680 bits per heavy atom. The number of hydrogen-bond acceptors (Lipinski definition) is 23. The molecule has 3 rings (SSSR count). The fourth-order valence-electron chi connectivity index (χ4n) is 14.0. The van der Waals surface area contributed by atoms with Crippen LogP contribution < -0.4 is 0 Å². The number of phosphoric ester groups is 1. The summed E-state index contributed by atoms with van der Waals surface area (Å²) < 4.78 is 65.3. The average Bonchev–Trinajstić information content (AvgIpc) is 0.761. The third-order valence-electron chi connectivity index (χ3n) is 20.8. The lowest BCUT2D eigenvalue weighted by atomic mass is 9.84. The van der Waals surface area contributed by atoms with Crippen molar-refractivity contribution in [2.45, 2.75) is 446 Å². The van der Waals surface area contributed by atoms with Crippen molar-refractivity contribution in [2.24, 2.45) is 5.92 Å². The van der Waals surface area contributed by atoms with Crippen LogP contribution in [0.1, 0.15) is 342 Å². The molecule has 3 fully saturated rings. The minimum Gasteiger partial charge on any atom is -0.463 e. The van der Waals surface area contributed by atoms with Crippen molar-refractivity contribution < 1.29 is 117 Å². The van der Waals surface area contributed by atoms with Crippen molar-refractivity contribution in [3.63, 3.8) is 0 Å². The van der Waals surface area contributed by atoms with Gasteiger partial charge in [-0.25, -0.2) is 4.57 Å². The number of rotatable bonds is 65. The van der Waals surface area contributed by atoms with E-state index >= 15 is 0 Å². The van der Waals surface area contributed by atoms with Crippen LogP contribution in [0.2, 0.25) is 0 Å². The summed E-state index contributed by atoms with van der Waals surface area (Å²) in [6.07, 6.45) is 17.1. The van der Waals surface area contributed by atoms with Gasteiger partial charge in [0.1, 0.15) is 98.7 Å². The van der Waals surface area contributed by atoms with Crippen LogP contribution in [0.4, 0.5) is 0 Å². The van der Waals surface area contributed by atoms with Crippen molar-refractivity contribution >= 4 is 25.7 Å². The van der Waals surface area contributed by atoms with Crippen LogP contribution in [0, 0.1) is 5.92 Å². The third kappa shape index (κ3) is 41.5. The highest BCUT2D eigenvalue weighted by molar-refractivity contribution is 7.47. The van der Waals surface area contributed by atoms with E-state index in [9.17, 15) is 74.9 Å². The molecule has 0 aromatic rings. The van der Waals surface area contributed by atoms with E-state index in [1.54, 1.807) is 0 Å². The van der Waals surface area contributed by atoms with Crippen molar-refractivity contribution in [1.29, 1.82) is 0 Å². The maximum Gasteiger partial charge on any atom is 0.472 e. The quantitative estimate of drug-likeness (QED) is 0.0117. The number of carbonyl (C=O) groups is 3. The van der Waals surface area contributed by atoms with Crippen LogP contribution in [0.15, 0.2) is 0 Å². The molecule has 25 heteroatoms. The second kappa shape index (κ2) is 58.9. The lowest BCUT2D eigenvalue weighted by molar-refractivity contribution is -0.360. The highest BCUT2D eigenvalue weighted by Gasteiger charge is 2.58. The predicted molar refractivity (Wildman–Crippen MR) is 393 cm³/mol. The van der Waals surface area contributed by atoms with Gasteiger partial charge < -0.3 is 89.1 Å². The zero-order valence-corrected chi connectivity index (χ0v) is 64.9. The SMILES string of the molecule is CCCCCCCCCCCCCCCCCCC(=O)OCC(COP(=O)(O)OC1C(OC2OC(CO)C(O)C(O)C2O)C(O)C(O)C(O)C1OC1OC(COC(=O)CCCCCCCCCCCCCCCCCC)C(O)C(O)C1O)OC(=O)CCCCCCCCC(C)CCCCCCCC. The Morgan fingerprint density at radius 1 is 0.369 bits per heavy atom. The lowest BCUT2D eigenvalue weighted by Crippen LogP contribution is -2.69. The summed E-state index contributed by atoms with van der Waals surface area (Å²) in [7, 11) is -5.70. The van der Waals surface area contributed by atoms with Crippen molar-refractivity contribution in [2.75, 3.05) is 26.4 Å². The summed E-state index contributed by atoms with van der Waals surface area (Å²) in [4.78, 5) is 51.2. The van der Waals surface area contributed by atoms with E-state index < -0.39 is 156 Å². The first kappa shape index (κ1) is 95.2. The predicted octanol–water partition coefficient (Wildman–Crippen LogP) is 12.8. The molecule has 19 atom stereocenters. The fourth-order valence-corrected chi connectivity index (χ4v) is 15.0. The molecule has 608 valence electrons. The molecule has 0 bridgehead atoms. The van der Waals surface area contributed by atoms with Crippen LogP contribution in [0.5, 0.6) is 0 Å². The second-order valence-electron chi connectivity index (χ2n) is 30.1. The minimum atomic E-state index is -5.70. The number of carbonyl (C=O) groups excluding carboxylic acids is 3. The van der Waals surface area contributed by atoms with Gasteiger partial charge >= 0.3 is 25.7 Å². The summed E-state index contributed by atoms with van der Waals surface area (Å²) in [5, 5.41) is 110. The molecular formula is C78H147O24P. The van der Waals surface area contributed by atoms with E-state index in [1.807, 2.05) is 0 Å². The van der Waals surface area contributed by atoms with E-state index in [0.29, 0.717) is 25.2 Å². The Bertz CT molecular complexity index is 2130. The summed E-state index contributed by atoms with van der Waals surface area (Å²) in [6.45, 7) is 5.83. The highest BCUT2D eigenvalue weighted by atomic mass is 31.2.